The van der Waals surface area contributed by atoms with E-state index >= 15 is 0 Å². The summed E-state index contributed by atoms with van der Waals surface area (Å²) in [5.74, 6) is -0.623. The van der Waals surface area contributed by atoms with Gasteiger partial charge >= 0.3 is 6.03 Å². The van der Waals surface area contributed by atoms with E-state index in [4.69, 9.17) is 0 Å². The number of nitrogens with one attached hydrogen (secondary N) is 2. The molecule has 152 valence electrons. The van der Waals surface area contributed by atoms with Crippen molar-refractivity contribution in [2.75, 3.05) is 6.54 Å². The van der Waals surface area contributed by atoms with E-state index in [1.165, 1.54) is 0 Å². The molecular weight excluding hydrogens is 370 g/mol. The van der Waals surface area contributed by atoms with E-state index in [2.05, 4.69) is 15.6 Å². The van der Waals surface area contributed by atoms with E-state index in [1.54, 1.807) is 12.5 Å². The maximum Gasteiger partial charge on any atom is 0.325 e. The first kappa shape index (κ1) is 19.2. The summed E-state index contributed by atoms with van der Waals surface area (Å²) in [6, 6.07) is 7.05. The fourth-order valence-corrected chi connectivity index (χ4v) is 4.18. The van der Waals surface area contributed by atoms with Gasteiger partial charge in [0.2, 0.25) is 5.91 Å². The highest BCUT2D eigenvalue weighted by atomic mass is 16.2. The summed E-state index contributed by atoms with van der Waals surface area (Å²) < 4.78 is 1.89. The molecule has 1 spiro atoms. The van der Waals surface area contributed by atoms with Gasteiger partial charge in [-0.25, -0.2) is 9.78 Å². The second-order valence-electron chi connectivity index (χ2n) is 7.81. The van der Waals surface area contributed by atoms with E-state index < -0.39 is 11.6 Å². The number of rotatable bonds is 5. The smallest absolute Gasteiger partial charge is 0.325 e. The maximum absolute atomic E-state index is 12.8. The predicted molar refractivity (Wildman–Crippen MR) is 106 cm³/mol. The van der Waals surface area contributed by atoms with Crippen LogP contribution in [0.4, 0.5) is 4.79 Å². The van der Waals surface area contributed by atoms with Crippen molar-refractivity contribution in [1.82, 2.24) is 25.1 Å². The van der Waals surface area contributed by atoms with Gasteiger partial charge in [0, 0.05) is 18.1 Å². The summed E-state index contributed by atoms with van der Waals surface area (Å²) in [5.41, 5.74) is 1.11. The molecule has 2 fully saturated rings. The number of hydrogen-bond acceptors (Lipinski definition) is 4. The Labute approximate surface area is 169 Å². The van der Waals surface area contributed by atoms with Gasteiger partial charge in [-0.3, -0.25) is 14.5 Å². The van der Waals surface area contributed by atoms with Gasteiger partial charge in [-0.2, -0.15) is 0 Å². The Hall–Kier alpha value is -3.16. The average molecular weight is 395 g/mol. The van der Waals surface area contributed by atoms with Crippen molar-refractivity contribution in [2.45, 2.75) is 50.6 Å². The van der Waals surface area contributed by atoms with Crippen LogP contribution in [0.1, 0.15) is 50.6 Å². The average Bonchev–Trinajstić information content (AvgIpc) is 3.33. The van der Waals surface area contributed by atoms with E-state index in [-0.39, 0.29) is 24.4 Å². The highest BCUT2D eigenvalue weighted by Gasteiger charge is 2.51. The number of carbonyl (C=O) groups excluding carboxylic acids is 3. The zero-order valence-electron chi connectivity index (χ0n) is 16.4. The van der Waals surface area contributed by atoms with Crippen LogP contribution < -0.4 is 10.6 Å². The van der Waals surface area contributed by atoms with Crippen LogP contribution in [0.25, 0.3) is 5.69 Å². The molecule has 0 unspecified atom stereocenters. The van der Waals surface area contributed by atoms with Gasteiger partial charge in [0.1, 0.15) is 12.1 Å². The maximum atomic E-state index is 12.8. The lowest BCUT2D eigenvalue weighted by atomic mass is 9.82. The Balaban J connectivity index is 1.37. The van der Waals surface area contributed by atoms with Crippen molar-refractivity contribution < 1.29 is 14.4 Å². The zero-order chi connectivity index (χ0) is 20.4. The molecule has 2 aromatic rings. The molecule has 8 nitrogen and oxygen atoms in total. The number of nitrogens with zero attached hydrogens (tertiary/aromatic N) is 3. The molecule has 1 aromatic carbocycles. The van der Waals surface area contributed by atoms with E-state index in [0.717, 1.165) is 35.4 Å². The van der Waals surface area contributed by atoms with Gasteiger partial charge in [-0.1, -0.05) is 31.4 Å². The summed E-state index contributed by atoms with van der Waals surface area (Å²) in [4.78, 5) is 42.7. The summed E-state index contributed by atoms with van der Waals surface area (Å²) >= 11 is 0. The number of imide groups is 1. The van der Waals surface area contributed by atoms with Crippen LogP contribution >= 0.6 is 0 Å². The lowest BCUT2D eigenvalue weighted by Gasteiger charge is -2.30. The van der Waals surface area contributed by atoms with E-state index in [1.807, 2.05) is 42.0 Å². The summed E-state index contributed by atoms with van der Waals surface area (Å²) in [5, 5.41) is 5.71. The Morgan fingerprint density at radius 2 is 1.93 bits per heavy atom. The van der Waals surface area contributed by atoms with Gasteiger partial charge in [0.25, 0.3) is 5.91 Å². The van der Waals surface area contributed by atoms with Gasteiger partial charge in [0.05, 0.1) is 12.4 Å². The molecule has 1 aliphatic heterocycles. The molecule has 2 heterocycles. The largest absolute Gasteiger partial charge is 0.348 e. The highest BCUT2D eigenvalue weighted by molar-refractivity contribution is 6.09. The lowest BCUT2D eigenvalue weighted by molar-refractivity contribution is -0.136. The van der Waals surface area contributed by atoms with Crippen molar-refractivity contribution in [3.63, 3.8) is 0 Å². The number of imidazole rings is 1. The topological polar surface area (TPSA) is 96.3 Å². The monoisotopic (exact) mass is 395 g/mol. The second kappa shape index (κ2) is 7.69. The molecule has 1 aromatic heterocycles. The summed E-state index contributed by atoms with van der Waals surface area (Å²) in [6.07, 6.45) is 9.49. The Morgan fingerprint density at radius 1 is 1.21 bits per heavy atom. The number of carbonyl (C=O) groups is 3. The molecule has 1 aliphatic carbocycles. The molecule has 4 rings (SSSR count). The SMILES string of the molecule is C[C@H](NC(=O)CN1C(=O)NC2(CCCCC2)C1=O)c1ccc(-n2ccnc2)cc1. The fraction of sp³-hybridized carbons (Fsp3) is 0.429. The number of benzene rings is 1. The van der Waals surface area contributed by atoms with Crippen LogP contribution in [0, 0.1) is 0 Å². The second-order valence-corrected chi connectivity index (χ2v) is 7.81. The van der Waals surface area contributed by atoms with Crippen LogP contribution in [0.15, 0.2) is 43.0 Å². The summed E-state index contributed by atoms with van der Waals surface area (Å²) in [6.45, 7) is 1.61. The van der Waals surface area contributed by atoms with Crippen LogP contribution in [0.3, 0.4) is 0 Å². The van der Waals surface area contributed by atoms with Gasteiger partial charge < -0.3 is 15.2 Å². The molecule has 1 saturated heterocycles. The predicted octanol–water partition coefficient (Wildman–Crippen LogP) is 2.30. The molecule has 1 saturated carbocycles. The number of hydrogen-bond donors (Lipinski definition) is 2. The number of urea groups is 1. The fourth-order valence-electron chi connectivity index (χ4n) is 4.18. The van der Waals surface area contributed by atoms with E-state index in [0.29, 0.717) is 12.8 Å². The Bertz CT molecular complexity index is 901. The first-order valence-corrected chi connectivity index (χ1v) is 10.0. The molecule has 2 N–H and O–H groups in total. The molecule has 4 amide bonds. The van der Waals surface area contributed by atoms with Crippen LogP contribution in [0.5, 0.6) is 0 Å². The lowest BCUT2D eigenvalue weighted by Crippen LogP contribution is -2.49. The standard InChI is InChI=1S/C21H25N5O3/c1-15(16-5-7-17(8-6-16)25-12-11-22-14-25)23-18(27)13-26-19(28)21(24-20(26)29)9-3-2-4-10-21/h5-8,11-12,14-15H,2-4,9-10,13H2,1H3,(H,23,27)(H,24,29)/t15-/m0/s1. The molecule has 29 heavy (non-hydrogen) atoms. The molecule has 8 heteroatoms. The normalized spacial score (nSPS) is 19.3. The number of amides is 4. The Morgan fingerprint density at radius 3 is 2.59 bits per heavy atom. The van der Waals surface area contributed by atoms with Crippen molar-refractivity contribution in [2.24, 2.45) is 0 Å². The molecular formula is C21H25N5O3. The first-order chi connectivity index (χ1) is 14.0. The third-order valence-corrected chi connectivity index (χ3v) is 5.83. The first-order valence-electron chi connectivity index (χ1n) is 10.0. The quantitative estimate of drug-likeness (QED) is 0.760. The molecule has 0 bridgehead atoms. The van der Waals surface area contributed by atoms with Crippen molar-refractivity contribution in [3.8, 4) is 5.69 Å². The number of aromatic nitrogens is 2. The van der Waals surface area contributed by atoms with Crippen LogP contribution in [-0.4, -0.2) is 44.4 Å². The van der Waals surface area contributed by atoms with E-state index in [9.17, 15) is 14.4 Å². The van der Waals surface area contributed by atoms with Gasteiger partial charge in [-0.05, 0) is 37.5 Å². The van der Waals surface area contributed by atoms with Crippen molar-refractivity contribution >= 4 is 17.8 Å². The molecule has 1 atom stereocenters. The third-order valence-electron chi connectivity index (χ3n) is 5.83. The van der Waals surface area contributed by atoms with Gasteiger partial charge in [0.15, 0.2) is 0 Å². The van der Waals surface area contributed by atoms with Gasteiger partial charge in [-0.15, -0.1) is 0 Å². The minimum absolute atomic E-state index is 0.247. The Kier molecular flexibility index (Phi) is 5.08. The van der Waals surface area contributed by atoms with Crippen molar-refractivity contribution in [3.05, 3.63) is 48.5 Å². The highest BCUT2D eigenvalue weighted by Crippen LogP contribution is 2.33. The minimum Gasteiger partial charge on any atom is -0.348 e. The molecule has 2 aliphatic rings. The van der Waals surface area contributed by atoms with Crippen molar-refractivity contribution in [1.29, 1.82) is 0 Å². The van der Waals surface area contributed by atoms with Crippen LogP contribution in [-0.2, 0) is 9.59 Å². The molecule has 0 radical (unpaired) electrons. The third kappa shape index (κ3) is 3.74. The van der Waals surface area contributed by atoms with Crippen LogP contribution in [0.2, 0.25) is 0 Å². The zero-order valence-corrected chi connectivity index (χ0v) is 16.4. The summed E-state index contributed by atoms with van der Waals surface area (Å²) in [7, 11) is 0. The minimum atomic E-state index is -0.801.